The van der Waals surface area contributed by atoms with Gasteiger partial charge in [0.15, 0.2) is 0 Å². The van der Waals surface area contributed by atoms with Crippen LogP contribution in [0.2, 0.25) is 0 Å². The summed E-state index contributed by atoms with van der Waals surface area (Å²) < 4.78 is 41.5. The van der Waals surface area contributed by atoms with Crippen LogP contribution in [0.15, 0.2) is 51.8 Å². The zero-order chi connectivity index (χ0) is 16.9. The maximum Gasteiger partial charge on any atom is 0.244 e. The van der Waals surface area contributed by atoms with Crippen LogP contribution in [-0.4, -0.2) is 24.3 Å². The average molecular weight is 409 g/mol. The number of aromatic nitrogens is 1. The first-order valence-electron chi connectivity index (χ1n) is 7.50. The molecule has 7 heteroatoms. The third-order valence-electron chi connectivity index (χ3n) is 4.36. The van der Waals surface area contributed by atoms with E-state index < -0.39 is 10.0 Å². The number of nitrogens with one attached hydrogen (secondary N) is 1. The largest absolute Gasteiger partial charge is 0.358 e. The highest BCUT2D eigenvalue weighted by Gasteiger charge is 2.31. The Balaban J connectivity index is 1.78. The number of sulfonamides is 1. The summed E-state index contributed by atoms with van der Waals surface area (Å²) in [6.07, 6.45) is 0.579. The predicted octanol–water partition coefficient (Wildman–Crippen LogP) is 3.82. The average Bonchev–Trinajstić information content (AvgIpc) is 2.92. The quantitative estimate of drug-likeness (QED) is 0.700. The third-order valence-corrected chi connectivity index (χ3v) is 7.21. The number of hydrogen-bond donors (Lipinski definition) is 1. The molecule has 24 heavy (non-hydrogen) atoms. The van der Waals surface area contributed by atoms with E-state index in [1.807, 2.05) is 0 Å². The summed E-state index contributed by atoms with van der Waals surface area (Å²) in [6.45, 7) is 0.633. The van der Waals surface area contributed by atoms with Crippen LogP contribution in [0.25, 0.3) is 10.9 Å². The molecular formula is C17H14BrFN2O2S. The molecule has 0 fully saturated rings. The number of rotatable bonds is 2. The van der Waals surface area contributed by atoms with E-state index in [9.17, 15) is 12.8 Å². The summed E-state index contributed by atoms with van der Waals surface area (Å²) in [5.74, 6) is -0.324. The van der Waals surface area contributed by atoms with Crippen molar-refractivity contribution in [2.75, 3.05) is 6.54 Å². The number of hydrogen-bond acceptors (Lipinski definition) is 2. The van der Waals surface area contributed by atoms with E-state index in [4.69, 9.17) is 0 Å². The lowest BCUT2D eigenvalue weighted by Crippen LogP contribution is -2.35. The highest BCUT2D eigenvalue weighted by Crippen LogP contribution is 2.32. The van der Waals surface area contributed by atoms with Gasteiger partial charge in [-0.25, -0.2) is 12.8 Å². The van der Waals surface area contributed by atoms with Crippen LogP contribution >= 0.6 is 15.9 Å². The van der Waals surface area contributed by atoms with Gasteiger partial charge in [-0.3, -0.25) is 0 Å². The second kappa shape index (κ2) is 5.68. The molecule has 0 amide bonds. The van der Waals surface area contributed by atoms with E-state index in [1.54, 1.807) is 30.3 Å². The van der Waals surface area contributed by atoms with Crippen LogP contribution in [0.3, 0.4) is 0 Å². The number of nitrogens with zero attached hydrogens (tertiary/aromatic N) is 1. The van der Waals surface area contributed by atoms with Crippen molar-refractivity contribution in [1.82, 2.24) is 9.29 Å². The van der Waals surface area contributed by atoms with Gasteiger partial charge in [0.25, 0.3) is 0 Å². The molecule has 4 rings (SSSR count). The fourth-order valence-electron chi connectivity index (χ4n) is 3.16. The molecule has 0 atom stereocenters. The molecule has 0 saturated heterocycles. The maximum atomic E-state index is 13.6. The monoisotopic (exact) mass is 408 g/mol. The van der Waals surface area contributed by atoms with Crippen molar-refractivity contribution in [3.8, 4) is 0 Å². The summed E-state index contributed by atoms with van der Waals surface area (Å²) in [4.78, 5) is 3.52. The van der Waals surface area contributed by atoms with E-state index in [2.05, 4.69) is 20.9 Å². The lowest BCUT2D eigenvalue weighted by molar-refractivity contribution is 0.391. The SMILES string of the molecule is O=S(=O)(c1ccccc1Br)N1CCc2[nH]c3ccc(F)cc3c2C1. The molecule has 2 aromatic carbocycles. The van der Waals surface area contributed by atoms with Crippen molar-refractivity contribution in [2.45, 2.75) is 17.9 Å². The Morgan fingerprint density at radius 1 is 1.17 bits per heavy atom. The molecule has 3 aromatic rings. The van der Waals surface area contributed by atoms with Crippen LogP contribution in [0.5, 0.6) is 0 Å². The van der Waals surface area contributed by atoms with Crippen molar-refractivity contribution in [1.29, 1.82) is 0 Å². The molecule has 0 radical (unpaired) electrons. The van der Waals surface area contributed by atoms with Crippen molar-refractivity contribution in [3.05, 3.63) is 64.0 Å². The van der Waals surface area contributed by atoms with Crippen molar-refractivity contribution >= 4 is 36.9 Å². The topological polar surface area (TPSA) is 53.2 Å². The summed E-state index contributed by atoms with van der Waals surface area (Å²) in [5, 5.41) is 0.747. The molecule has 0 bridgehead atoms. The fourth-order valence-corrected chi connectivity index (χ4v) is 5.53. The molecule has 2 heterocycles. The van der Waals surface area contributed by atoms with Crippen molar-refractivity contribution in [2.24, 2.45) is 0 Å². The summed E-state index contributed by atoms with van der Waals surface area (Å²) in [5.41, 5.74) is 2.67. The number of halogens is 2. The van der Waals surface area contributed by atoms with Crippen LogP contribution in [0.4, 0.5) is 4.39 Å². The Hall–Kier alpha value is -1.70. The molecule has 0 unspecified atom stereocenters. The van der Waals surface area contributed by atoms with Gasteiger partial charge >= 0.3 is 0 Å². The van der Waals surface area contributed by atoms with Gasteiger partial charge in [-0.2, -0.15) is 4.31 Å². The number of H-pyrrole nitrogens is 1. The van der Waals surface area contributed by atoms with Crippen molar-refractivity contribution in [3.63, 3.8) is 0 Å². The minimum Gasteiger partial charge on any atom is -0.358 e. The Morgan fingerprint density at radius 3 is 2.75 bits per heavy atom. The van der Waals surface area contributed by atoms with Gasteiger partial charge in [0.05, 0.1) is 4.90 Å². The number of aromatic amines is 1. The smallest absolute Gasteiger partial charge is 0.244 e. The summed E-state index contributed by atoms with van der Waals surface area (Å²) >= 11 is 3.31. The standard InChI is InChI=1S/C17H14BrFN2O2S/c18-14-3-1-2-4-17(14)24(22,23)21-8-7-16-13(10-21)12-9-11(19)5-6-15(12)20-16/h1-6,9,20H,7-8,10H2. The van der Waals surface area contributed by atoms with Gasteiger partial charge in [0.2, 0.25) is 10.0 Å². The lowest BCUT2D eigenvalue weighted by Gasteiger charge is -2.27. The second-order valence-electron chi connectivity index (χ2n) is 5.79. The summed E-state index contributed by atoms with van der Waals surface area (Å²) in [7, 11) is -3.61. The van der Waals surface area contributed by atoms with Gasteiger partial charge < -0.3 is 4.98 Å². The number of fused-ring (bicyclic) bond motifs is 3. The number of benzene rings is 2. The molecule has 0 spiro atoms. The zero-order valence-electron chi connectivity index (χ0n) is 12.6. The van der Waals surface area contributed by atoms with Crippen LogP contribution in [0.1, 0.15) is 11.3 Å². The Morgan fingerprint density at radius 2 is 1.96 bits per heavy atom. The van der Waals surface area contributed by atoms with Gasteiger partial charge in [-0.1, -0.05) is 12.1 Å². The summed E-state index contributed by atoms with van der Waals surface area (Å²) in [6, 6.07) is 11.3. The third kappa shape index (κ3) is 2.47. The molecule has 124 valence electrons. The highest BCUT2D eigenvalue weighted by atomic mass is 79.9. The van der Waals surface area contributed by atoms with Crippen LogP contribution < -0.4 is 0 Å². The first-order valence-corrected chi connectivity index (χ1v) is 9.74. The van der Waals surface area contributed by atoms with E-state index in [0.29, 0.717) is 17.4 Å². The molecule has 1 aliphatic heterocycles. The van der Waals surface area contributed by atoms with E-state index in [-0.39, 0.29) is 17.3 Å². The Labute approximate surface area is 147 Å². The van der Waals surface area contributed by atoms with Gasteiger partial charge in [0, 0.05) is 40.6 Å². The van der Waals surface area contributed by atoms with Crippen LogP contribution in [-0.2, 0) is 23.0 Å². The molecule has 1 aliphatic rings. The first-order chi connectivity index (χ1) is 11.5. The Bertz CT molecular complexity index is 1050. The maximum absolute atomic E-state index is 13.6. The molecular weight excluding hydrogens is 395 g/mol. The van der Waals surface area contributed by atoms with Gasteiger partial charge in [-0.15, -0.1) is 0 Å². The van der Waals surface area contributed by atoms with Crippen LogP contribution in [0, 0.1) is 5.82 Å². The zero-order valence-corrected chi connectivity index (χ0v) is 15.0. The van der Waals surface area contributed by atoms with Gasteiger partial charge in [0.1, 0.15) is 5.82 Å². The van der Waals surface area contributed by atoms with Crippen molar-refractivity contribution < 1.29 is 12.8 Å². The minimum absolute atomic E-state index is 0.239. The normalized spacial score (nSPS) is 15.6. The van der Waals surface area contributed by atoms with E-state index >= 15 is 0 Å². The first kappa shape index (κ1) is 15.8. The predicted molar refractivity (Wildman–Crippen MR) is 93.7 cm³/mol. The second-order valence-corrected chi connectivity index (χ2v) is 8.55. The minimum atomic E-state index is -3.61. The lowest BCUT2D eigenvalue weighted by atomic mass is 10.1. The van der Waals surface area contributed by atoms with E-state index in [0.717, 1.165) is 22.2 Å². The van der Waals surface area contributed by atoms with E-state index in [1.165, 1.54) is 16.4 Å². The molecule has 0 saturated carbocycles. The molecule has 1 N–H and O–H groups in total. The Kier molecular flexibility index (Phi) is 3.74. The molecule has 1 aromatic heterocycles. The molecule has 4 nitrogen and oxygen atoms in total. The molecule has 0 aliphatic carbocycles. The fraction of sp³-hybridized carbons (Fsp3) is 0.176. The highest BCUT2D eigenvalue weighted by molar-refractivity contribution is 9.10. The van der Waals surface area contributed by atoms with Gasteiger partial charge in [-0.05, 0) is 51.8 Å².